The van der Waals surface area contributed by atoms with Crippen molar-refractivity contribution in [1.29, 1.82) is 0 Å². The smallest absolute Gasteiger partial charge is 0.305 e. The maximum Gasteiger partial charge on any atom is 0.305 e. The van der Waals surface area contributed by atoms with Gasteiger partial charge in [0.2, 0.25) is 0 Å². The minimum Gasteiger partial charge on any atom is -0.481 e. The van der Waals surface area contributed by atoms with Gasteiger partial charge in [0.15, 0.2) is 0 Å². The standard InChI is InChI=1S/C16H25NO2/c1-12(2)17(11-10-15(18)19)14-8-6-13(7-9-14)16(3,4)5/h6-9,12H,10-11H2,1-5H3,(H,18,19). The number of rotatable bonds is 5. The van der Waals surface area contributed by atoms with Gasteiger partial charge in [-0.25, -0.2) is 0 Å². The lowest BCUT2D eigenvalue weighted by atomic mass is 9.87. The summed E-state index contributed by atoms with van der Waals surface area (Å²) in [6.07, 6.45) is 0.166. The summed E-state index contributed by atoms with van der Waals surface area (Å²) in [4.78, 5) is 12.8. The van der Waals surface area contributed by atoms with Crippen LogP contribution in [0.15, 0.2) is 24.3 Å². The minimum atomic E-state index is -0.753. The first-order chi connectivity index (χ1) is 8.71. The molecule has 0 heterocycles. The molecule has 1 aromatic rings. The normalized spacial score (nSPS) is 11.7. The third-order valence-corrected chi connectivity index (χ3v) is 3.25. The van der Waals surface area contributed by atoms with Crippen LogP contribution in [-0.2, 0) is 10.2 Å². The fourth-order valence-corrected chi connectivity index (χ4v) is 2.05. The molecule has 19 heavy (non-hydrogen) atoms. The Morgan fingerprint density at radius 2 is 1.74 bits per heavy atom. The molecule has 0 fully saturated rings. The van der Waals surface area contributed by atoms with E-state index in [0.29, 0.717) is 12.6 Å². The fourth-order valence-electron chi connectivity index (χ4n) is 2.05. The van der Waals surface area contributed by atoms with E-state index in [0.717, 1.165) is 5.69 Å². The minimum absolute atomic E-state index is 0.141. The molecule has 1 aromatic carbocycles. The monoisotopic (exact) mass is 263 g/mol. The summed E-state index contributed by atoms with van der Waals surface area (Å²) in [7, 11) is 0. The van der Waals surface area contributed by atoms with Crippen molar-refractivity contribution < 1.29 is 9.90 Å². The Morgan fingerprint density at radius 3 is 2.11 bits per heavy atom. The first kappa shape index (κ1) is 15.5. The molecule has 0 spiro atoms. The van der Waals surface area contributed by atoms with Crippen LogP contribution in [0, 0.1) is 0 Å². The molecule has 0 amide bonds. The van der Waals surface area contributed by atoms with Crippen LogP contribution < -0.4 is 4.90 Å². The largest absolute Gasteiger partial charge is 0.481 e. The second kappa shape index (κ2) is 6.09. The molecule has 0 aliphatic rings. The average Bonchev–Trinajstić information content (AvgIpc) is 2.27. The Morgan fingerprint density at radius 1 is 1.21 bits per heavy atom. The molecule has 3 nitrogen and oxygen atoms in total. The highest BCUT2D eigenvalue weighted by Gasteiger charge is 2.16. The van der Waals surface area contributed by atoms with Gasteiger partial charge >= 0.3 is 5.97 Å². The maximum atomic E-state index is 10.7. The zero-order chi connectivity index (χ0) is 14.6. The molecule has 0 aromatic heterocycles. The highest BCUT2D eigenvalue weighted by atomic mass is 16.4. The van der Waals surface area contributed by atoms with E-state index < -0.39 is 5.97 Å². The lowest BCUT2D eigenvalue weighted by Crippen LogP contribution is -2.32. The van der Waals surface area contributed by atoms with Crippen molar-refractivity contribution in [2.24, 2.45) is 0 Å². The van der Waals surface area contributed by atoms with Crippen LogP contribution in [0.25, 0.3) is 0 Å². The lowest BCUT2D eigenvalue weighted by molar-refractivity contribution is -0.136. The molecular formula is C16H25NO2. The van der Waals surface area contributed by atoms with Gasteiger partial charge < -0.3 is 10.0 Å². The van der Waals surface area contributed by atoms with Crippen LogP contribution in [0.3, 0.4) is 0 Å². The van der Waals surface area contributed by atoms with Crippen LogP contribution in [0.5, 0.6) is 0 Å². The van der Waals surface area contributed by atoms with E-state index in [-0.39, 0.29) is 11.8 Å². The summed E-state index contributed by atoms with van der Waals surface area (Å²) in [6, 6.07) is 8.72. The van der Waals surface area contributed by atoms with E-state index >= 15 is 0 Å². The Kier molecular flexibility index (Phi) is 4.98. The number of hydrogen-bond donors (Lipinski definition) is 1. The zero-order valence-corrected chi connectivity index (χ0v) is 12.6. The predicted octanol–water partition coefficient (Wildman–Crippen LogP) is 3.67. The van der Waals surface area contributed by atoms with E-state index in [1.807, 2.05) is 0 Å². The summed E-state index contributed by atoms with van der Waals surface area (Å²) in [5.41, 5.74) is 2.52. The van der Waals surface area contributed by atoms with E-state index in [1.165, 1.54) is 5.56 Å². The number of aliphatic carboxylic acids is 1. The Labute approximate surface area is 116 Å². The van der Waals surface area contributed by atoms with Gasteiger partial charge in [-0.15, -0.1) is 0 Å². The number of nitrogens with zero attached hydrogens (tertiary/aromatic N) is 1. The van der Waals surface area contributed by atoms with Crippen LogP contribution >= 0.6 is 0 Å². The van der Waals surface area contributed by atoms with Gasteiger partial charge in [-0.3, -0.25) is 4.79 Å². The maximum absolute atomic E-state index is 10.7. The molecule has 0 saturated heterocycles. The van der Waals surface area contributed by atoms with Gasteiger partial charge in [0, 0.05) is 18.3 Å². The van der Waals surface area contributed by atoms with Crippen LogP contribution in [0.2, 0.25) is 0 Å². The third kappa shape index (κ3) is 4.58. The second-order valence-electron chi connectivity index (χ2n) is 6.23. The van der Waals surface area contributed by atoms with Crippen molar-refractivity contribution >= 4 is 11.7 Å². The van der Waals surface area contributed by atoms with Crippen LogP contribution in [0.4, 0.5) is 5.69 Å². The Balaban J connectivity index is 2.88. The summed E-state index contributed by atoms with van der Waals surface area (Å²) < 4.78 is 0. The van der Waals surface area contributed by atoms with Gasteiger partial charge in [-0.1, -0.05) is 32.9 Å². The molecule has 0 bridgehead atoms. The molecule has 0 radical (unpaired) electrons. The summed E-state index contributed by atoms with van der Waals surface area (Å²) in [5, 5.41) is 8.82. The fraction of sp³-hybridized carbons (Fsp3) is 0.562. The number of carboxylic acid groups (broad SMARTS) is 1. The van der Waals surface area contributed by atoms with E-state index in [9.17, 15) is 4.79 Å². The molecule has 0 unspecified atom stereocenters. The number of benzene rings is 1. The Hall–Kier alpha value is -1.51. The molecule has 0 aliphatic heterocycles. The SMILES string of the molecule is CC(C)N(CCC(=O)O)c1ccc(C(C)(C)C)cc1. The average molecular weight is 263 g/mol. The van der Waals surface area contributed by atoms with Gasteiger partial charge in [0.05, 0.1) is 6.42 Å². The van der Waals surface area contributed by atoms with Crippen molar-refractivity contribution in [2.45, 2.75) is 52.5 Å². The van der Waals surface area contributed by atoms with Crippen molar-refractivity contribution in [1.82, 2.24) is 0 Å². The molecular weight excluding hydrogens is 238 g/mol. The second-order valence-corrected chi connectivity index (χ2v) is 6.23. The first-order valence-corrected chi connectivity index (χ1v) is 6.81. The van der Waals surface area contributed by atoms with Crippen molar-refractivity contribution in [2.75, 3.05) is 11.4 Å². The van der Waals surface area contributed by atoms with E-state index in [4.69, 9.17) is 5.11 Å². The molecule has 0 saturated carbocycles. The van der Waals surface area contributed by atoms with Gasteiger partial charge in [0.25, 0.3) is 0 Å². The van der Waals surface area contributed by atoms with Gasteiger partial charge in [-0.05, 0) is 37.0 Å². The van der Waals surface area contributed by atoms with Crippen LogP contribution in [0.1, 0.15) is 46.6 Å². The highest BCUT2D eigenvalue weighted by Crippen LogP contribution is 2.25. The zero-order valence-electron chi connectivity index (χ0n) is 12.6. The molecule has 0 aliphatic carbocycles. The van der Waals surface area contributed by atoms with Gasteiger partial charge in [-0.2, -0.15) is 0 Å². The third-order valence-electron chi connectivity index (χ3n) is 3.25. The van der Waals surface area contributed by atoms with Gasteiger partial charge in [0.1, 0.15) is 0 Å². The predicted molar refractivity (Wildman–Crippen MR) is 79.9 cm³/mol. The topological polar surface area (TPSA) is 40.5 Å². The summed E-state index contributed by atoms with van der Waals surface area (Å²) in [6.45, 7) is 11.3. The quantitative estimate of drug-likeness (QED) is 0.881. The number of hydrogen-bond acceptors (Lipinski definition) is 2. The van der Waals surface area contributed by atoms with Crippen molar-refractivity contribution in [3.8, 4) is 0 Å². The molecule has 3 heteroatoms. The van der Waals surface area contributed by atoms with Crippen molar-refractivity contribution in [3.05, 3.63) is 29.8 Å². The highest BCUT2D eigenvalue weighted by molar-refractivity contribution is 5.67. The van der Waals surface area contributed by atoms with E-state index in [2.05, 4.69) is 63.8 Å². The summed E-state index contributed by atoms with van der Waals surface area (Å²) >= 11 is 0. The molecule has 1 rings (SSSR count). The van der Waals surface area contributed by atoms with Crippen LogP contribution in [-0.4, -0.2) is 23.7 Å². The Bertz CT molecular complexity index is 415. The van der Waals surface area contributed by atoms with E-state index in [1.54, 1.807) is 0 Å². The first-order valence-electron chi connectivity index (χ1n) is 6.81. The molecule has 1 N–H and O–H groups in total. The lowest BCUT2D eigenvalue weighted by Gasteiger charge is -2.29. The number of anilines is 1. The number of carboxylic acids is 1. The molecule has 0 atom stereocenters. The molecule has 106 valence electrons. The number of carbonyl (C=O) groups is 1. The van der Waals surface area contributed by atoms with Crippen molar-refractivity contribution in [3.63, 3.8) is 0 Å². The summed E-state index contributed by atoms with van der Waals surface area (Å²) in [5.74, 6) is -0.753.